The Kier molecular flexibility index (Phi) is 7.81. The van der Waals surface area contributed by atoms with Crippen molar-refractivity contribution in [1.82, 2.24) is 9.62 Å². The molecule has 0 bridgehead atoms. The van der Waals surface area contributed by atoms with E-state index in [0.29, 0.717) is 43.7 Å². The van der Waals surface area contributed by atoms with Crippen LogP contribution in [0.15, 0.2) is 53.4 Å². The van der Waals surface area contributed by atoms with Crippen LogP contribution in [0.3, 0.4) is 0 Å². The lowest BCUT2D eigenvalue weighted by Crippen LogP contribution is -2.39. The highest BCUT2D eigenvalue weighted by Crippen LogP contribution is 2.25. The van der Waals surface area contributed by atoms with Crippen molar-refractivity contribution in [2.75, 3.05) is 32.1 Å². The number of piperidine rings is 1. The molecule has 0 radical (unpaired) electrons. The van der Waals surface area contributed by atoms with E-state index in [2.05, 4.69) is 15.4 Å². The van der Waals surface area contributed by atoms with Crippen molar-refractivity contribution in [1.29, 1.82) is 0 Å². The summed E-state index contributed by atoms with van der Waals surface area (Å²) in [5.74, 6) is -0.671. The van der Waals surface area contributed by atoms with Gasteiger partial charge in [-0.2, -0.15) is 4.31 Å². The van der Waals surface area contributed by atoms with E-state index in [4.69, 9.17) is 0 Å². The zero-order valence-electron chi connectivity index (χ0n) is 17.7. The minimum Gasteiger partial charge on any atom is -0.465 e. The second-order valence-electron chi connectivity index (χ2n) is 7.54. The number of carbonyl (C=O) groups is 2. The molecule has 1 heterocycles. The van der Waals surface area contributed by atoms with E-state index in [9.17, 15) is 22.4 Å². The molecule has 0 unspecified atom stereocenters. The van der Waals surface area contributed by atoms with E-state index in [0.717, 1.165) is 18.6 Å². The lowest BCUT2D eigenvalue weighted by molar-refractivity contribution is 0.0600. The third-order valence-corrected chi connectivity index (χ3v) is 7.32. The number of hydrogen-bond donors (Lipinski definition) is 2. The number of hydrogen-bond acceptors (Lipinski definition) is 5. The highest BCUT2D eigenvalue weighted by Gasteiger charge is 2.29. The van der Waals surface area contributed by atoms with Gasteiger partial charge in [-0.05, 0) is 67.6 Å². The van der Waals surface area contributed by atoms with Gasteiger partial charge < -0.3 is 15.4 Å². The number of sulfonamides is 1. The molecule has 0 aromatic heterocycles. The lowest BCUT2D eigenvalue weighted by Gasteiger charge is -2.31. The quantitative estimate of drug-likeness (QED) is 0.614. The second-order valence-corrected chi connectivity index (χ2v) is 9.48. The van der Waals surface area contributed by atoms with Gasteiger partial charge in [-0.25, -0.2) is 22.4 Å². The van der Waals surface area contributed by atoms with Gasteiger partial charge in [-0.3, -0.25) is 0 Å². The molecule has 0 saturated carbocycles. The van der Waals surface area contributed by atoms with E-state index in [1.807, 2.05) is 0 Å². The predicted molar refractivity (Wildman–Crippen MR) is 117 cm³/mol. The Labute approximate surface area is 186 Å². The van der Waals surface area contributed by atoms with Crippen molar-refractivity contribution in [3.63, 3.8) is 0 Å². The molecule has 0 atom stereocenters. The minimum atomic E-state index is -3.63. The van der Waals surface area contributed by atoms with Crippen molar-refractivity contribution in [2.24, 2.45) is 5.92 Å². The van der Waals surface area contributed by atoms with E-state index in [1.54, 1.807) is 18.2 Å². The monoisotopic (exact) mass is 463 g/mol. The van der Waals surface area contributed by atoms with Crippen molar-refractivity contribution >= 4 is 27.7 Å². The molecule has 1 saturated heterocycles. The maximum atomic E-state index is 13.1. The van der Waals surface area contributed by atoms with Gasteiger partial charge in [-0.15, -0.1) is 0 Å². The highest BCUT2D eigenvalue weighted by atomic mass is 32.2. The standard InChI is InChI=1S/C22H26FN3O5S/c1-31-21(27)17-3-2-4-19(15-17)25-22(28)24-12-9-16-10-13-26(14-11-16)32(29,30)20-7-5-18(23)6-8-20/h2-8,15-16H,9-14H2,1H3,(H2,24,25,28). The van der Waals surface area contributed by atoms with Gasteiger partial charge >= 0.3 is 12.0 Å². The van der Waals surface area contributed by atoms with Crippen LogP contribution in [-0.2, 0) is 14.8 Å². The summed E-state index contributed by atoms with van der Waals surface area (Å²) in [7, 11) is -2.34. The topological polar surface area (TPSA) is 105 Å². The Morgan fingerprint density at radius 3 is 2.47 bits per heavy atom. The average molecular weight is 464 g/mol. The summed E-state index contributed by atoms with van der Waals surface area (Å²) in [5, 5.41) is 5.46. The molecular weight excluding hydrogens is 437 g/mol. The van der Waals surface area contributed by atoms with Gasteiger partial charge in [0.25, 0.3) is 0 Å². The molecule has 32 heavy (non-hydrogen) atoms. The molecule has 172 valence electrons. The summed E-state index contributed by atoms with van der Waals surface area (Å²) >= 11 is 0. The Hall–Kier alpha value is -2.98. The highest BCUT2D eigenvalue weighted by molar-refractivity contribution is 7.89. The predicted octanol–water partition coefficient (Wildman–Crippen LogP) is 3.22. The summed E-state index contributed by atoms with van der Waals surface area (Å²) in [6.07, 6.45) is 2.09. The van der Waals surface area contributed by atoms with Crippen molar-refractivity contribution < 1.29 is 27.1 Å². The fourth-order valence-corrected chi connectivity index (χ4v) is 5.07. The number of rotatable bonds is 7. The smallest absolute Gasteiger partial charge is 0.337 e. The number of carbonyl (C=O) groups excluding carboxylic acids is 2. The first-order valence-electron chi connectivity index (χ1n) is 10.3. The van der Waals surface area contributed by atoms with Crippen LogP contribution in [0.2, 0.25) is 0 Å². The number of benzene rings is 2. The molecule has 0 spiro atoms. The van der Waals surface area contributed by atoms with Gasteiger partial charge in [0.05, 0.1) is 17.6 Å². The van der Waals surface area contributed by atoms with E-state index in [-0.39, 0.29) is 16.8 Å². The summed E-state index contributed by atoms with van der Waals surface area (Å²) in [6.45, 7) is 1.21. The van der Waals surface area contributed by atoms with E-state index in [1.165, 1.54) is 29.6 Å². The van der Waals surface area contributed by atoms with Crippen LogP contribution in [0.5, 0.6) is 0 Å². The third-order valence-electron chi connectivity index (χ3n) is 5.40. The fourth-order valence-electron chi connectivity index (χ4n) is 3.60. The Morgan fingerprint density at radius 2 is 1.81 bits per heavy atom. The molecule has 2 aromatic carbocycles. The zero-order valence-corrected chi connectivity index (χ0v) is 18.5. The molecule has 10 heteroatoms. The van der Waals surface area contributed by atoms with Gasteiger partial charge in [0.2, 0.25) is 10.0 Å². The number of esters is 1. The normalized spacial score (nSPS) is 15.2. The molecule has 1 fully saturated rings. The van der Waals surface area contributed by atoms with Crippen molar-refractivity contribution in [3.05, 3.63) is 59.9 Å². The lowest BCUT2D eigenvalue weighted by atomic mass is 9.95. The number of amides is 2. The van der Waals surface area contributed by atoms with Crippen LogP contribution in [0.4, 0.5) is 14.9 Å². The van der Waals surface area contributed by atoms with Crippen LogP contribution in [0.25, 0.3) is 0 Å². The molecule has 0 aliphatic carbocycles. The summed E-state index contributed by atoms with van der Waals surface area (Å²) in [5.41, 5.74) is 0.817. The molecule has 2 amide bonds. The molecule has 3 rings (SSSR count). The Balaban J connectivity index is 1.42. The maximum absolute atomic E-state index is 13.1. The number of urea groups is 1. The zero-order chi connectivity index (χ0) is 23.1. The first-order valence-corrected chi connectivity index (χ1v) is 11.7. The third kappa shape index (κ3) is 6.04. The maximum Gasteiger partial charge on any atom is 0.337 e. The van der Waals surface area contributed by atoms with Crippen LogP contribution >= 0.6 is 0 Å². The number of nitrogens with one attached hydrogen (secondary N) is 2. The van der Waals surface area contributed by atoms with Crippen LogP contribution in [-0.4, -0.2) is 51.5 Å². The fraction of sp³-hybridized carbons (Fsp3) is 0.364. The second kappa shape index (κ2) is 10.6. The molecule has 1 aliphatic rings. The Bertz CT molecular complexity index is 1050. The molecule has 8 nitrogen and oxygen atoms in total. The number of halogens is 1. The first-order chi connectivity index (χ1) is 15.3. The summed E-state index contributed by atoms with van der Waals surface area (Å²) in [4.78, 5) is 23.8. The Morgan fingerprint density at radius 1 is 1.12 bits per heavy atom. The SMILES string of the molecule is COC(=O)c1cccc(NC(=O)NCCC2CCN(S(=O)(=O)c3ccc(F)cc3)CC2)c1. The van der Waals surface area contributed by atoms with Gasteiger partial charge in [0.15, 0.2) is 0 Å². The van der Waals surface area contributed by atoms with Gasteiger partial charge in [0, 0.05) is 25.3 Å². The molecule has 1 aliphatic heterocycles. The largest absolute Gasteiger partial charge is 0.465 e. The van der Waals surface area contributed by atoms with Crippen LogP contribution < -0.4 is 10.6 Å². The summed E-state index contributed by atoms with van der Waals surface area (Å²) in [6, 6.07) is 10.9. The number of ether oxygens (including phenoxy) is 1. The van der Waals surface area contributed by atoms with Crippen LogP contribution in [0.1, 0.15) is 29.6 Å². The van der Waals surface area contributed by atoms with Crippen molar-refractivity contribution in [2.45, 2.75) is 24.2 Å². The number of anilines is 1. The van der Waals surface area contributed by atoms with Crippen molar-refractivity contribution in [3.8, 4) is 0 Å². The summed E-state index contributed by atoms with van der Waals surface area (Å²) < 4.78 is 44.5. The van der Waals surface area contributed by atoms with E-state index < -0.39 is 21.8 Å². The van der Waals surface area contributed by atoms with Crippen LogP contribution in [0, 0.1) is 11.7 Å². The average Bonchev–Trinajstić information content (AvgIpc) is 2.79. The molecule has 2 N–H and O–H groups in total. The molecule has 2 aromatic rings. The minimum absolute atomic E-state index is 0.0898. The molecular formula is C22H26FN3O5S. The number of methoxy groups -OCH3 is 1. The number of nitrogens with zero attached hydrogens (tertiary/aromatic N) is 1. The van der Waals surface area contributed by atoms with Gasteiger partial charge in [0.1, 0.15) is 5.82 Å². The van der Waals surface area contributed by atoms with E-state index >= 15 is 0 Å². The van der Waals surface area contributed by atoms with Gasteiger partial charge in [-0.1, -0.05) is 6.07 Å². The first kappa shape index (κ1) is 23.7.